The van der Waals surface area contributed by atoms with E-state index in [0.29, 0.717) is 18.5 Å². The number of nitrogens with one attached hydrogen (secondary N) is 1. The maximum absolute atomic E-state index is 13.0. The van der Waals surface area contributed by atoms with Crippen LogP contribution in [0.3, 0.4) is 0 Å². The van der Waals surface area contributed by atoms with Gasteiger partial charge < -0.3 is 5.32 Å². The molecule has 30 heavy (non-hydrogen) atoms. The quantitative estimate of drug-likeness (QED) is 0.774. The minimum Gasteiger partial charge on any atom is -0.350 e. The highest BCUT2D eigenvalue weighted by Crippen LogP contribution is 2.55. The number of likely N-dealkylation sites (tertiary alicyclic amines) is 1. The molecule has 1 heterocycles. The second-order valence-electron chi connectivity index (χ2n) is 11.2. The van der Waals surface area contributed by atoms with Crippen molar-refractivity contribution in [2.75, 3.05) is 26.7 Å². The Labute approximate surface area is 182 Å². The first-order valence-electron chi connectivity index (χ1n) is 12.3. The molecule has 0 radical (unpaired) electrons. The molecule has 4 nitrogen and oxygen atoms in total. The summed E-state index contributed by atoms with van der Waals surface area (Å²) in [6.45, 7) is 6.17. The van der Waals surface area contributed by atoms with Crippen LogP contribution in [0.15, 0.2) is 30.3 Å². The molecule has 1 aliphatic heterocycles. The Hall–Kier alpha value is -1.39. The van der Waals surface area contributed by atoms with Gasteiger partial charge in [0.2, 0.25) is 5.91 Å². The molecule has 164 valence electrons. The first-order valence-corrected chi connectivity index (χ1v) is 12.3. The topological polar surface area (TPSA) is 35.6 Å². The molecular weight excluding hydrogens is 370 g/mol. The van der Waals surface area contributed by atoms with E-state index in [4.69, 9.17) is 0 Å². The van der Waals surface area contributed by atoms with Crippen molar-refractivity contribution in [3.05, 3.63) is 35.9 Å². The third kappa shape index (κ3) is 4.31. The maximum Gasteiger partial charge on any atom is 0.234 e. The molecule has 6 rings (SSSR count). The van der Waals surface area contributed by atoms with Crippen LogP contribution >= 0.6 is 0 Å². The number of nitrogens with zero attached hydrogens (tertiary/aromatic N) is 2. The van der Waals surface area contributed by atoms with Crippen LogP contribution in [0.1, 0.15) is 57.4 Å². The lowest BCUT2D eigenvalue weighted by Gasteiger charge is -2.57. The maximum atomic E-state index is 13.0. The molecule has 5 fully saturated rings. The molecule has 1 saturated heterocycles. The van der Waals surface area contributed by atoms with Gasteiger partial charge in [0, 0.05) is 24.7 Å². The molecule has 2 unspecified atom stereocenters. The van der Waals surface area contributed by atoms with Gasteiger partial charge in [0.15, 0.2) is 0 Å². The van der Waals surface area contributed by atoms with E-state index in [1.807, 2.05) is 0 Å². The van der Waals surface area contributed by atoms with Crippen LogP contribution in [-0.2, 0) is 11.3 Å². The predicted octanol–water partition coefficient (Wildman–Crippen LogP) is 3.91. The van der Waals surface area contributed by atoms with E-state index in [9.17, 15) is 4.79 Å². The van der Waals surface area contributed by atoms with Gasteiger partial charge in [0.1, 0.15) is 0 Å². The standard InChI is InChI=1S/C26H39N3O/c1-19-16-29(17-20-6-4-3-5-7-20)9-8-24(19)28(2)18-25(30)27-26-13-21-10-22(14-26)12-23(11-21)15-26/h3-7,19,21-24H,8-18H2,1-2H3,(H,27,30). The number of carbonyl (C=O) groups is 1. The van der Waals surface area contributed by atoms with Crippen molar-refractivity contribution >= 4 is 5.91 Å². The Bertz CT molecular complexity index is 713. The predicted molar refractivity (Wildman–Crippen MR) is 121 cm³/mol. The van der Waals surface area contributed by atoms with Gasteiger partial charge in [-0.2, -0.15) is 0 Å². The van der Waals surface area contributed by atoms with Crippen molar-refractivity contribution < 1.29 is 4.79 Å². The molecule has 4 aliphatic carbocycles. The molecule has 4 heteroatoms. The third-order valence-electron chi connectivity index (χ3n) is 8.60. The Morgan fingerprint density at radius 1 is 1.10 bits per heavy atom. The highest BCUT2D eigenvalue weighted by atomic mass is 16.2. The molecule has 4 saturated carbocycles. The average Bonchev–Trinajstić information content (AvgIpc) is 2.67. The summed E-state index contributed by atoms with van der Waals surface area (Å²) in [4.78, 5) is 17.9. The van der Waals surface area contributed by atoms with E-state index >= 15 is 0 Å². The van der Waals surface area contributed by atoms with Crippen LogP contribution in [0.2, 0.25) is 0 Å². The highest BCUT2D eigenvalue weighted by molar-refractivity contribution is 5.79. The summed E-state index contributed by atoms with van der Waals surface area (Å²) in [6.07, 6.45) is 9.14. The van der Waals surface area contributed by atoms with E-state index in [1.165, 1.54) is 44.1 Å². The summed E-state index contributed by atoms with van der Waals surface area (Å²) in [6, 6.07) is 11.3. The van der Waals surface area contributed by atoms with Crippen molar-refractivity contribution in [1.29, 1.82) is 0 Å². The first-order chi connectivity index (χ1) is 14.5. The Morgan fingerprint density at radius 3 is 2.33 bits per heavy atom. The number of rotatable bonds is 6. The van der Waals surface area contributed by atoms with Crippen molar-refractivity contribution in [2.24, 2.45) is 23.7 Å². The van der Waals surface area contributed by atoms with Gasteiger partial charge in [-0.1, -0.05) is 37.3 Å². The monoisotopic (exact) mass is 409 g/mol. The number of benzene rings is 1. The van der Waals surface area contributed by atoms with Gasteiger partial charge in [-0.15, -0.1) is 0 Å². The van der Waals surface area contributed by atoms with Gasteiger partial charge >= 0.3 is 0 Å². The SMILES string of the molecule is CC1CN(Cc2ccccc2)CCC1N(C)CC(=O)NC12CC3CC(CC(C3)C1)C2. The average molecular weight is 410 g/mol. The van der Waals surface area contributed by atoms with E-state index in [-0.39, 0.29) is 11.4 Å². The van der Waals surface area contributed by atoms with Crippen LogP contribution in [0, 0.1) is 23.7 Å². The number of hydrogen-bond acceptors (Lipinski definition) is 3. The first kappa shape index (κ1) is 20.5. The van der Waals surface area contributed by atoms with Gasteiger partial charge in [0.05, 0.1) is 6.54 Å². The summed E-state index contributed by atoms with van der Waals surface area (Å²) in [5.74, 6) is 3.48. The lowest BCUT2D eigenvalue weighted by atomic mass is 9.53. The smallest absolute Gasteiger partial charge is 0.234 e. The normalized spacial score (nSPS) is 38.2. The molecule has 1 aromatic carbocycles. The molecule has 1 N–H and O–H groups in total. The van der Waals surface area contributed by atoms with Crippen molar-refractivity contribution in [1.82, 2.24) is 15.1 Å². The van der Waals surface area contributed by atoms with Crippen LogP contribution in [0.4, 0.5) is 0 Å². The fourth-order valence-corrected chi connectivity index (χ4v) is 7.80. The van der Waals surface area contributed by atoms with E-state index in [1.54, 1.807) is 0 Å². The Balaban J connectivity index is 1.12. The number of carbonyl (C=O) groups excluding carboxylic acids is 1. The van der Waals surface area contributed by atoms with Crippen LogP contribution < -0.4 is 5.32 Å². The molecule has 0 spiro atoms. The number of amides is 1. The fourth-order valence-electron chi connectivity index (χ4n) is 7.80. The van der Waals surface area contributed by atoms with Crippen LogP contribution in [0.25, 0.3) is 0 Å². The van der Waals surface area contributed by atoms with E-state index in [0.717, 1.165) is 43.8 Å². The molecular formula is C26H39N3O. The number of likely N-dealkylation sites (N-methyl/N-ethyl adjacent to an activating group) is 1. The van der Waals surface area contributed by atoms with Crippen LogP contribution in [0.5, 0.6) is 0 Å². The zero-order chi connectivity index (χ0) is 20.7. The summed E-state index contributed by atoms with van der Waals surface area (Å²) in [7, 11) is 2.16. The molecule has 1 aromatic rings. The zero-order valence-corrected chi connectivity index (χ0v) is 18.9. The molecule has 4 bridgehead atoms. The summed E-state index contributed by atoms with van der Waals surface area (Å²) in [5.41, 5.74) is 1.53. The molecule has 5 aliphatic rings. The fraction of sp³-hybridized carbons (Fsp3) is 0.731. The lowest BCUT2D eigenvalue weighted by Crippen LogP contribution is -2.61. The van der Waals surface area contributed by atoms with Crippen molar-refractivity contribution in [2.45, 2.75) is 70.0 Å². The van der Waals surface area contributed by atoms with E-state index < -0.39 is 0 Å². The van der Waals surface area contributed by atoms with Gasteiger partial charge in [0.25, 0.3) is 0 Å². The molecule has 1 amide bonds. The number of piperidine rings is 1. The van der Waals surface area contributed by atoms with E-state index in [2.05, 4.69) is 59.4 Å². The van der Waals surface area contributed by atoms with Crippen molar-refractivity contribution in [3.8, 4) is 0 Å². The summed E-state index contributed by atoms with van der Waals surface area (Å²) in [5, 5.41) is 3.56. The van der Waals surface area contributed by atoms with Gasteiger partial charge in [-0.25, -0.2) is 0 Å². The minimum absolute atomic E-state index is 0.136. The van der Waals surface area contributed by atoms with Crippen molar-refractivity contribution in [3.63, 3.8) is 0 Å². The lowest BCUT2D eigenvalue weighted by molar-refractivity contribution is -0.128. The highest BCUT2D eigenvalue weighted by Gasteiger charge is 2.51. The summed E-state index contributed by atoms with van der Waals surface area (Å²) < 4.78 is 0. The Kier molecular flexibility index (Phi) is 5.66. The third-order valence-corrected chi connectivity index (χ3v) is 8.60. The minimum atomic E-state index is 0.136. The Morgan fingerprint density at radius 2 is 1.73 bits per heavy atom. The van der Waals surface area contributed by atoms with Gasteiger partial charge in [-0.05, 0) is 87.8 Å². The zero-order valence-electron chi connectivity index (χ0n) is 18.9. The second-order valence-corrected chi connectivity index (χ2v) is 11.2. The largest absolute Gasteiger partial charge is 0.350 e. The second kappa shape index (κ2) is 8.27. The molecule has 2 atom stereocenters. The summed E-state index contributed by atoms with van der Waals surface area (Å²) >= 11 is 0. The van der Waals surface area contributed by atoms with Crippen LogP contribution in [-0.4, -0.2) is 54.0 Å². The molecule has 0 aromatic heterocycles. The van der Waals surface area contributed by atoms with Gasteiger partial charge in [-0.3, -0.25) is 14.6 Å². The number of hydrogen-bond donors (Lipinski definition) is 1.